The number of ether oxygens (including phenoxy) is 3. The summed E-state index contributed by atoms with van der Waals surface area (Å²) in [6, 6.07) is 10.7. The van der Waals surface area contributed by atoms with Gasteiger partial charge < -0.3 is 23.5 Å². The van der Waals surface area contributed by atoms with Gasteiger partial charge in [0.1, 0.15) is 16.5 Å². The van der Waals surface area contributed by atoms with Crippen molar-refractivity contribution in [2.45, 2.75) is 47.6 Å². The zero-order chi connectivity index (χ0) is 24.9. The van der Waals surface area contributed by atoms with Crippen molar-refractivity contribution in [1.29, 1.82) is 0 Å². The van der Waals surface area contributed by atoms with E-state index in [1.807, 2.05) is 12.1 Å². The summed E-state index contributed by atoms with van der Waals surface area (Å²) in [6.07, 6.45) is 4.64. The zero-order valence-electron chi connectivity index (χ0n) is 20.0. The van der Waals surface area contributed by atoms with E-state index in [2.05, 4.69) is 4.98 Å². The summed E-state index contributed by atoms with van der Waals surface area (Å²) < 4.78 is 22.5. The van der Waals surface area contributed by atoms with E-state index in [0.29, 0.717) is 29.6 Å². The highest BCUT2D eigenvalue weighted by atomic mass is 35.5. The minimum atomic E-state index is -0.346. The van der Waals surface area contributed by atoms with Crippen LogP contribution in [0.15, 0.2) is 57.1 Å². The molecule has 36 heavy (non-hydrogen) atoms. The number of amides is 1. The fraction of sp³-hybridized carbons (Fsp3) is 0.423. The van der Waals surface area contributed by atoms with E-state index in [-0.39, 0.29) is 17.9 Å². The second kappa shape index (κ2) is 11.5. The number of carbonyl (C=O) groups is 1. The Morgan fingerprint density at radius 2 is 1.75 bits per heavy atom. The molecule has 0 radical (unpaired) electrons. The van der Waals surface area contributed by atoms with Gasteiger partial charge in [0.15, 0.2) is 11.0 Å². The molecule has 0 bridgehead atoms. The zero-order valence-corrected chi connectivity index (χ0v) is 21.6. The van der Waals surface area contributed by atoms with Crippen LogP contribution in [0.2, 0.25) is 5.02 Å². The Balaban J connectivity index is 1.27. The maximum Gasteiger partial charge on any atom is 0.415 e. The van der Waals surface area contributed by atoms with Crippen molar-refractivity contribution in [3.63, 3.8) is 0 Å². The number of carbonyl (C=O) groups excluding carboxylic acids is 1. The van der Waals surface area contributed by atoms with E-state index < -0.39 is 0 Å². The Morgan fingerprint density at radius 3 is 2.42 bits per heavy atom. The van der Waals surface area contributed by atoms with Crippen molar-refractivity contribution in [1.82, 2.24) is 14.9 Å². The quantitative estimate of drug-likeness (QED) is 0.375. The molecule has 0 aliphatic carbocycles. The lowest BCUT2D eigenvalue weighted by Crippen LogP contribution is -2.39. The van der Waals surface area contributed by atoms with Gasteiger partial charge in [0.05, 0.1) is 17.8 Å². The maximum atomic E-state index is 12.7. The number of hydrogen-bond donors (Lipinski definition) is 0. The predicted molar refractivity (Wildman–Crippen MR) is 135 cm³/mol. The summed E-state index contributed by atoms with van der Waals surface area (Å²) in [5.41, 5.74) is 0.946. The van der Waals surface area contributed by atoms with E-state index in [1.165, 1.54) is 11.8 Å². The minimum absolute atomic E-state index is 0.183. The van der Waals surface area contributed by atoms with Crippen molar-refractivity contribution in [3.8, 4) is 11.5 Å². The number of nitrogens with zero attached hydrogens (tertiary/aromatic N) is 3. The molecule has 0 saturated carbocycles. The molecule has 3 aromatic rings. The summed E-state index contributed by atoms with van der Waals surface area (Å²) in [5, 5.41) is 2.16. The van der Waals surface area contributed by atoms with Crippen LogP contribution in [0.1, 0.15) is 49.1 Å². The van der Waals surface area contributed by atoms with Gasteiger partial charge in [-0.3, -0.25) is 0 Å². The lowest BCUT2D eigenvalue weighted by Gasteiger charge is -2.30. The molecule has 0 atom stereocenters. The van der Waals surface area contributed by atoms with Crippen LogP contribution in [0, 0.1) is 0 Å². The van der Waals surface area contributed by atoms with E-state index in [0.717, 1.165) is 60.6 Å². The maximum absolute atomic E-state index is 12.7. The van der Waals surface area contributed by atoms with Gasteiger partial charge in [0.2, 0.25) is 0 Å². The van der Waals surface area contributed by atoms with E-state index in [4.69, 9.17) is 35.2 Å². The normalized spacial score (nSPS) is 17.2. The number of methoxy groups -OCH3 is 1. The molecule has 0 spiro atoms. The molecule has 5 rings (SSSR count). The van der Waals surface area contributed by atoms with Gasteiger partial charge in [0.25, 0.3) is 0 Å². The first kappa shape index (κ1) is 24.9. The highest BCUT2D eigenvalue weighted by molar-refractivity contribution is 7.99. The third kappa shape index (κ3) is 5.96. The average Bonchev–Trinajstić information content (AvgIpc) is 3.35. The Hall–Kier alpha value is -2.75. The number of likely N-dealkylation sites (tertiary alicyclic amines) is 1. The number of pyridine rings is 1. The average molecular weight is 530 g/mol. The number of hydrogen-bond acceptors (Lipinski definition) is 8. The molecule has 2 aromatic heterocycles. The monoisotopic (exact) mass is 529 g/mol. The molecule has 2 saturated heterocycles. The van der Waals surface area contributed by atoms with Gasteiger partial charge in [-0.05, 0) is 73.8 Å². The largest absolute Gasteiger partial charge is 0.497 e. The van der Waals surface area contributed by atoms with Crippen LogP contribution in [0.3, 0.4) is 0 Å². The van der Waals surface area contributed by atoms with Gasteiger partial charge in [-0.1, -0.05) is 11.6 Å². The summed E-state index contributed by atoms with van der Waals surface area (Å²) in [4.78, 5) is 23.9. The van der Waals surface area contributed by atoms with Crippen molar-refractivity contribution in [2.24, 2.45) is 0 Å². The van der Waals surface area contributed by atoms with Gasteiger partial charge in [-0.2, -0.15) is 0 Å². The number of oxazole rings is 1. The van der Waals surface area contributed by atoms with Gasteiger partial charge in [0, 0.05) is 44.3 Å². The van der Waals surface area contributed by atoms with Crippen LogP contribution in [0.4, 0.5) is 4.79 Å². The molecule has 0 N–H and O–H groups in total. The Bertz CT molecular complexity index is 1160. The first-order valence-electron chi connectivity index (χ1n) is 12.1. The number of rotatable bonds is 6. The summed E-state index contributed by atoms with van der Waals surface area (Å²) in [5.74, 6) is 2.42. The standard InChI is InChI=1S/C26H28ClN3O5S/c1-32-20-3-5-21(6-4-20)34-26(31)30-12-8-17(9-13-30)23-25(36-22-7-2-19(27)16-28-22)35-24(29-23)18-10-14-33-15-11-18/h2-7,16-18H,8-15H2,1H3. The number of benzene rings is 1. The van der Waals surface area contributed by atoms with Gasteiger partial charge >= 0.3 is 6.09 Å². The second-order valence-electron chi connectivity index (χ2n) is 8.83. The molecule has 4 heterocycles. The van der Waals surface area contributed by atoms with Gasteiger partial charge in [-0.15, -0.1) is 0 Å². The number of halogens is 1. The van der Waals surface area contributed by atoms with E-state index in [9.17, 15) is 4.79 Å². The highest BCUT2D eigenvalue weighted by Gasteiger charge is 2.32. The van der Waals surface area contributed by atoms with Crippen LogP contribution in [-0.2, 0) is 4.74 Å². The topological polar surface area (TPSA) is 86.9 Å². The fourth-order valence-electron chi connectivity index (χ4n) is 4.45. The molecule has 8 nitrogen and oxygen atoms in total. The second-order valence-corrected chi connectivity index (χ2v) is 10.3. The van der Waals surface area contributed by atoms with E-state index in [1.54, 1.807) is 42.5 Å². The van der Waals surface area contributed by atoms with Crippen LogP contribution < -0.4 is 9.47 Å². The minimum Gasteiger partial charge on any atom is -0.497 e. The fourth-order valence-corrected chi connectivity index (χ4v) is 5.43. The Kier molecular flexibility index (Phi) is 7.99. The smallest absolute Gasteiger partial charge is 0.415 e. The predicted octanol–water partition coefficient (Wildman–Crippen LogP) is 6.16. The molecule has 10 heteroatoms. The lowest BCUT2D eigenvalue weighted by molar-refractivity contribution is 0.0786. The van der Waals surface area contributed by atoms with Crippen LogP contribution in [-0.4, -0.2) is 54.4 Å². The molecule has 2 aliphatic rings. The van der Waals surface area contributed by atoms with Crippen molar-refractivity contribution < 1.29 is 23.4 Å². The Labute approximate surface area is 219 Å². The molecule has 2 aliphatic heterocycles. The molecule has 190 valence electrons. The third-order valence-corrected chi connectivity index (χ3v) is 7.66. The molecule has 2 fully saturated rings. The molecular weight excluding hydrogens is 502 g/mol. The highest BCUT2D eigenvalue weighted by Crippen LogP contribution is 2.40. The SMILES string of the molecule is COc1ccc(OC(=O)N2CCC(c3nc(C4CCOCC4)oc3Sc3ccc(Cl)cn3)CC2)cc1. The van der Waals surface area contributed by atoms with Crippen LogP contribution in [0.5, 0.6) is 11.5 Å². The van der Waals surface area contributed by atoms with Gasteiger partial charge in [-0.25, -0.2) is 14.8 Å². The van der Waals surface area contributed by atoms with Crippen LogP contribution in [0.25, 0.3) is 0 Å². The molecular formula is C26H28ClN3O5S. The molecule has 1 aromatic carbocycles. The first-order chi connectivity index (χ1) is 17.6. The third-order valence-electron chi connectivity index (χ3n) is 6.51. The Morgan fingerprint density at radius 1 is 1.03 bits per heavy atom. The summed E-state index contributed by atoms with van der Waals surface area (Å²) >= 11 is 7.48. The summed E-state index contributed by atoms with van der Waals surface area (Å²) in [6.45, 7) is 2.61. The van der Waals surface area contributed by atoms with Crippen molar-refractivity contribution in [3.05, 3.63) is 59.2 Å². The van der Waals surface area contributed by atoms with Crippen molar-refractivity contribution in [2.75, 3.05) is 33.4 Å². The van der Waals surface area contributed by atoms with Crippen molar-refractivity contribution >= 4 is 29.5 Å². The lowest BCUT2D eigenvalue weighted by atomic mass is 9.94. The van der Waals surface area contributed by atoms with E-state index >= 15 is 0 Å². The molecule has 1 amide bonds. The molecule has 0 unspecified atom stereocenters. The number of aromatic nitrogens is 2. The first-order valence-corrected chi connectivity index (χ1v) is 13.3. The summed E-state index contributed by atoms with van der Waals surface area (Å²) in [7, 11) is 1.60. The van der Waals surface area contributed by atoms with Crippen LogP contribution >= 0.6 is 23.4 Å². The number of piperidine rings is 1.